The number of carboxylic acids is 1. The zero-order valence-electron chi connectivity index (χ0n) is 8.87. The number of carboxylic acid groups (broad SMARTS) is 1. The minimum absolute atomic E-state index is 0.340. The Morgan fingerprint density at radius 2 is 2.06 bits per heavy atom. The molecule has 1 aliphatic rings. The highest BCUT2D eigenvalue weighted by Gasteiger charge is 2.41. The average Bonchev–Trinajstić information content (AvgIpc) is 2.30. The number of nitrogens with one attached hydrogen (secondary N) is 1. The molecule has 1 atom stereocenters. The second-order valence-electron chi connectivity index (χ2n) is 4.17. The summed E-state index contributed by atoms with van der Waals surface area (Å²) in [6.07, 6.45) is 1.42. The number of hydrogen-bond donors (Lipinski definition) is 2. The number of rotatable bonds is 2. The number of carbonyl (C=O) groups is 1. The molecule has 1 aliphatic heterocycles. The molecule has 2 N–H and O–H groups in total. The summed E-state index contributed by atoms with van der Waals surface area (Å²) >= 11 is 0. The van der Waals surface area contributed by atoms with E-state index in [1.54, 1.807) is 12.1 Å². The van der Waals surface area contributed by atoms with Crippen LogP contribution in [0.25, 0.3) is 0 Å². The van der Waals surface area contributed by atoms with Crippen LogP contribution < -0.4 is 5.32 Å². The van der Waals surface area contributed by atoms with Gasteiger partial charge in [-0.05, 0) is 37.1 Å². The lowest BCUT2D eigenvalue weighted by Gasteiger charge is -2.34. The molecule has 4 heteroatoms. The monoisotopic (exact) mass is 223 g/mol. The fourth-order valence-electron chi connectivity index (χ4n) is 2.23. The highest BCUT2D eigenvalue weighted by molar-refractivity contribution is 5.82. The molecule has 86 valence electrons. The van der Waals surface area contributed by atoms with Crippen molar-refractivity contribution in [2.45, 2.75) is 18.3 Å². The van der Waals surface area contributed by atoms with Crippen molar-refractivity contribution in [3.63, 3.8) is 0 Å². The second-order valence-corrected chi connectivity index (χ2v) is 4.17. The van der Waals surface area contributed by atoms with Gasteiger partial charge in [0.25, 0.3) is 0 Å². The van der Waals surface area contributed by atoms with Gasteiger partial charge in [-0.25, -0.2) is 4.39 Å². The van der Waals surface area contributed by atoms with Gasteiger partial charge in [0, 0.05) is 6.54 Å². The Hall–Kier alpha value is -1.42. The zero-order valence-corrected chi connectivity index (χ0v) is 8.87. The van der Waals surface area contributed by atoms with E-state index in [1.165, 1.54) is 12.1 Å². The van der Waals surface area contributed by atoms with Crippen LogP contribution in [0.3, 0.4) is 0 Å². The van der Waals surface area contributed by atoms with E-state index in [0.29, 0.717) is 18.5 Å². The van der Waals surface area contributed by atoms with Crippen molar-refractivity contribution in [3.05, 3.63) is 35.6 Å². The van der Waals surface area contributed by atoms with Crippen molar-refractivity contribution in [1.82, 2.24) is 5.32 Å². The van der Waals surface area contributed by atoms with Gasteiger partial charge in [0.2, 0.25) is 0 Å². The molecule has 1 aromatic carbocycles. The van der Waals surface area contributed by atoms with E-state index >= 15 is 0 Å². The van der Waals surface area contributed by atoms with Gasteiger partial charge >= 0.3 is 5.97 Å². The van der Waals surface area contributed by atoms with E-state index in [0.717, 1.165) is 13.0 Å². The van der Waals surface area contributed by atoms with E-state index < -0.39 is 11.4 Å². The predicted octanol–water partition coefficient (Wildman–Crippen LogP) is 1.53. The van der Waals surface area contributed by atoms with Crippen LogP contribution in [-0.4, -0.2) is 24.2 Å². The van der Waals surface area contributed by atoms with Gasteiger partial charge < -0.3 is 10.4 Å². The Morgan fingerprint density at radius 1 is 1.38 bits per heavy atom. The van der Waals surface area contributed by atoms with E-state index in [9.17, 15) is 14.3 Å². The van der Waals surface area contributed by atoms with Gasteiger partial charge in [-0.15, -0.1) is 0 Å². The lowest BCUT2D eigenvalue weighted by molar-refractivity contribution is -0.144. The summed E-state index contributed by atoms with van der Waals surface area (Å²) in [5, 5.41) is 12.5. The molecular weight excluding hydrogens is 209 g/mol. The average molecular weight is 223 g/mol. The van der Waals surface area contributed by atoms with Gasteiger partial charge in [-0.3, -0.25) is 4.79 Å². The first-order valence-corrected chi connectivity index (χ1v) is 5.35. The molecule has 1 fully saturated rings. The van der Waals surface area contributed by atoms with Crippen molar-refractivity contribution >= 4 is 5.97 Å². The minimum atomic E-state index is -0.897. The molecule has 1 unspecified atom stereocenters. The Kier molecular flexibility index (Phi) is 2.92. The summed E-state index contributed by atoms with van der Waals surface area (Å²) < 4.78 is 12.8. The molecule has 1 aromatic rings. The van der Waals surface area contributed by atoms with Crippen LogP contribution in [-0.2, 0) is 10.2 Å². The molecule has 1 saturated heterocycles. The number of hydrogen-bond acceptors (Lipinski definition) is 2. The number of halogens is 1. The van der Waals surface area contributed by atoms with E-state index in [2.05, 4.69) is 5.32 Å². The second kappa shape index (κ2) is 4.22. The number of piperidine rings is 1. The van der Waals surface area contributed by atoms with E-state index in [-0.39, 0.29) is 5.82 Å². The van der Waals surface area contributed by atoms with Crippen molar-refractivity contribution in [2.24, 2.45) is 0 Å². The van der Waals surface area contributed by atoms with Crippen molar-refractivity contribution in [2.75, 3.05) is 13.1 Å². The quantitative estimate of drug-likeness (QED) is 0.799. The van der Waals surface area contributed by atoms with E-state index in [1.807, 2.05) is 0 Å². The first kappa shape index (κ1) is 11.1. The maximum absolute atomic E-state index is 12.8. The molecule has 0 saturated carbocycles. The van der Waals surface area contributed by atoms with Crippen molar-refractivity contribution < 1.29 is 14.3 Å². The predicted molar refractivity (Wildman–Crippen MR) is 57.8 cm³/mol. The molecule has 16 heavy (non-hydrogen) atoms. The standard InChI is InChI=1S/C12H14FNO2/c13-10-4-2-9(3-5-10)12(11(15)16)6-1-7-14-8-12/h2-5,14H,1,6-8H2,(H,15,16). The van der Waals surface area contributed by atoms with E-state index in [4.69, 9.17) is 0 Å². The zero-order chi connectivity index (χ0) is 11.6. The first-order valence-electron chi connectivity index (χ1n) is 5.35. The normalized spacial score (nSPS) is 25.3. The Bertz CT molecular complexity index is 383. The van der Waals surface area contributed by atoms with Crippen molar-refractivity contribution in [3.8, 4) is 0 Å². The number of aliphatic carboxylic acids is 1. The molecule has 0 aliphatic carbocycles. The third-order valence-corrected chi connectivity index (χ3v) is 3.19. The van der Waals surface area contributed by atoms with Gasteiger partial charge in [-0.2, -0.15) is 0 Å². The van der Waals surface area contributed by atoms with Gasteiger partial charge in [0.15, 0.2) is 0 Å². The van der Waals surface area contributed by atoms with Crippen molar-refractivity contribution in [1.29, 1.82) is 0 Å². The summed E-state index contributed by atoms with van der Waals surface area (Å²) in [5.41, 5.74) is -0.222. The minimum Gasteiger partial charge on any atom is -0.481 e. The van der Waals surface area contributed by atoms with Crippen LogP contribution in [0.5, 0.6) is 0 Å². The lowest BCUT2D eigenvalue weighted by atomic mass is 9.75. The van der Waals surface area contributed by atoms with Crippen LogP contribution in [0, 0.1) is 5.82 Å². The maximum atomic E-state index is 12.8. The SMILES string of the molecule is O=C(O)C1(c2ccc(F)cc2)CCCNC1. The lowest BCUT2D eigenvalue weighted by Crippen LogP contribution is -2.49. The van der Waals surface area contributed by atoms with Crippen LogP contribution in [0.2, 0.25) is 0 Å². The largest absolute Gasteiger partial charge is 0.481 e. The number of benzene rings is 1. The maximum Gasteiger partial charge on any atom is 0.315 e. The Labute approximate surface area is 93.3 Å². The molecule has 1 heterocycles. The summed E-state index contributed by atoms with van der Waals surface area (Å²) in [4.78, 5) is 11.4. The fraction of sp³-hybridized carbons (Fsp3) is 0.417. The summed E-state index contributed by atoms with van der Waals surface area (Å²) in [6.45, 7) is 1.25. The third kappa shape index (κ3) is 1.80. The van der Waals surface area contributed by atoms with Gasteiger partial charge in [-0.1, -0.05) is 12.1 Å². The molecule has 0 aromatic heterocycles. The smallest absolute Gasteiger partial charge is 0.315 e. The molecule has 0 bridgehead atoms. The van der Waals surface area contributed by atoms with Gasteiger partial charge in [0.1, 0.15) is 11.2 Å². The van der Waals surface area contributed by atoms with Crippen LogP contribution in [0.1, 0.15) is 18.4 Å². The highest BCUT2D eigenvalue weighted by atomic mass is 19.1. The Balaban J connectivity index is 2.38. The molecule has 3 nitrogen and oxygen atoms in total. The topological polar surface area (TPSA) is 49.3 Å². The van der Waals surface area contributed by atoms with Crippen LogP contribution >= 0.6 is 0 Å². The third-order valence-electron chi connectivity index (χ3n) is 3.19. The molecule has 0 spiro atoms. The fourth-order valence-corrected chi connectivity index (χ4v) is 2.23. The summed E-state index contributed by atoms with van der Waals surface area (Å²) in [5.74, 6) is -1.18. The highest BCUT2D eigenvalue weighted by Crippen LogP contribution is 2.31. The Morgan fingerprint density at radius 3 is 2.56 bits per heavy atom. The van der Waals surface area contributed by atoms with Crippen LogP contribution in [0.4, 0.5) is 4.39 Å². The molecule has 0 radical (unpaired) electrons. The molecule has 2 rings (SSSR count). The summed E-state index contributed by atoms with van der Waals surface area (Å²) in [6, 6.07) is 5.76. The van der Waals surface area contributed by atoms with Crippen LogP contribution in [0.15, 0.2) is 24.3 Å². The molecular formula is C12H14FNO2. The summed E-state index contributed by atoms with van der Waals surface area (Å²) in [7, 11) is 0. The van der Waals surface area contributed by atoms with Gasteiger partial charge in [0.05, 0.1) is 0 Å². The first-order chi connectivity index (χ1) is 7.65. The molecule has 0 amide bonds.